The van der Waals surface area contributed by atoms with Crippen molar-refractivity contribution in [3.63, 3.8) is 0 Å². The highest BCUT2D eigenvalue weighted by atomic mass is 35.5. The molecule has 1 aromatic heterocycles. The maximum absolute atomic E-state index is 6.00. The first-order valence-electron chi connectivity index (χ1n) is 5.80. The normalized spacial score (nSPS) is 22.8. The van der Waals surface area contributed by atoms with E-state index in [1.54, 1.807) is 12.3 Å². The molecule has 1 N–H and O–H groups in total. The molecule has 1 aliphatic carbocycles. The molecule has 0 radical (unpaired) electrons. The average Bonchev–Trinajstić information content (AvgIpc) is 2.30. The van der Waals surface area contributed by atoms with Gasteiger partial charge in [-0.3, -0.25) is 5.43 Å². The third-order valence-corrected chi connectivity index (χ3v) is 3.50. The van der Waals surface area contributed by atoms with Gasteiger partial charge in [-0.1, -0.05) is 36.5 Å². The van der Waals surface area contributed by atoms with Crippen LogP contribution in [-0.4, -0.2) is 10.7 Å². The zero-order chi connectivity index (χ0) is 12.3. The van der Waals surface area contributed by atoms with E-state index in [0.29, 0.717) is 21.8 Å². The summed E-state index contributed by atoms with van der Waals surface area (Å²) < 4.78 is 0. The zero-order valence-electron chi connectivity index (χ0n) is 9.71. The lowest BCUT2D eigenvalue weighted by Crippen LogP contribution is -2.17. The summed E-state index contributed by atoms with van der Waals surface area (Å²) in [5.41, 5.74) is 4.12. The summed E-state index contributed by atoms with van der Waals surface area (Å²) in [6.45, 7) is 2.20. The highest BCUT2D eigenvalue weighted by Crippen LogP contribution is 2.24. The molecule has 1 aromatic rings. The smallest absolute Gasteiger partial charge is 0.165 e. The maximum atomic E-state index is 6.00. The molecule has 1 atom stereocenters. The number of hydrogen-bond acceptors (Lipinski definition) is 3. The predicted molar refractivity (Wildman–Crippen MR) is 72.9 cm³/mol. The standard InChI is InChI=1S/C12H15Cl2N3/c1-8-4-2-3-5-11(8)16-17-12-10(14)6-9(13)7-15-12/h6-8H,2-5H2,1H3,(H,15,17)/b16-11-/t8-/m0/s1. The summed E-state index contributed by atoms with van der Waals surface area (Å²) in [4.78, 5) is 4.11. The van der Waals surface area contributed by atoms with Gasteiger partial charge in [-0.25, -0.2) is 4.98 Å². The van der Waals surface area contributed by atoms with Gasteiger partial charge in [0.25, 0.3) is 0 Å². The van der Waals surface area contributed by atoms with Gasteiger partial charge in [0, 0.05) is 11.9 Å². The van der Waals surface area contributed by atoms with Crippen LogP contribution in [0.5, 0.6) is 0 Å². The van der Waals surface area contributed by atoms with Gasteiger partial charge in [0.15, 0.2) is 5.82 Å². The topological polar surface area (TPSA) is 37.3 Å². The van der Waals surface area contributed by atoms with Gasteiger partial charge in [0.2, 0.25) is 0 Å². The molecular formula is C12H15Cl2N3. The molecule has 17 heavy (non-hydrogen) atoms. The Morgan fingerprint density at radius 2 is 2.24 bits per heavy atom. The molecule has 0 amide bonds. The molecule has 0 saturated heterocycles. The van der Waals surface area contributed by atoms with Crippen LogP contribution in [-0.2, 0) is 0 Å². The van der Waals surface area contributed by atoms with Crippen LogP contribution in [0.15, 0.2) is 17.4 Å². The highest BCUT2D eigenvalue weighted by molar-refractivity contribution is 6.35. The lowest BCUT2D eigenvalue weighted by atomic mass is 9.89. The third kappa shape index (κ3) is 3.33. The fraction of sp³-hybridized carbons (Fsp3) is 0.500. The second-order valence-electron chi connectivity index (χ2n) is 4.35. The zero-order valence-corrected chi connectivity index (χ0v) is 11.2. The van der Waals surface area contributed by atoms with Crippen molar-refractivity contribution in [2.45, 2.75) is 32.6 Å². The number of hydrazone groups is 1. The summed E-state index contributed by atoms with van der Waals surface area (Å²) >= 11 is 11.8. The molecule has 1 saturated carbocycles. The second kappa shape index (κ2) is 5.69. The van der Waals surface area contributed by atoms with Gasteiger partial charge < -0.3 is 0 Å². The predicted octanol–water partition coefficient (Wildman–Crippen LogP) is 4.37. The fourth-order valence-corrected chi connectivity index (χ4v) is 2.38. The molecule has 0 spiro atoms. The van der Waals surface area contributed by atoms with Crippen LogP contribution in [0.25, 0.3) is 0 Å². The number of halogens is 2. The summed E-state index contributed by atoms with van der Waals surface area (Å²) in [6, 6.07) is 1.66. The Balaban J connectivity index is 2.08. The van der Waals surface area contributed by atoms with Gasteiger partial charge in [-0.2, -0.15) is 5.10 Å². The minimum absolute atomic E-state index is 0.491. The SMILES string of the molecule is C[C@H]1CCCC/C1=N/Nc1ncc(Cl)cc1Cl. The molecule has 1 heterocycles. The molecular weight excluding hydrogens is 257 g/mol. The van der Waals surface area contributed by atoms with Gasteiger partial charge in [0.05, 0.1) is 10.0 Å². The molecule has 92 valence electrons. The Labute approximate surface area is 111 Å². The van der Waals surface area contributed by atoms with Crippen LogP contribution < -0.4 is 5.43 Å². The molecule has 5 heteroatoms. The van der Waals surface area contributed by atoms with Gasteiger partial charge in [-0.05, 0) is 31.2 Å². The van der Waals surface area contributed by atoms with E-state index in [9.17, 15) is 0 Å². The van der Waals surface area contributed by atoms with Crippen LogP contribution >= 0.6 is 23.2 Å². The van der Waals surface area contributed by atoms with Crippen LogP contribution in [0.2, 0.25) is 10.0 Å². The van der Waals surface area contributed by atoms with E-state index in [-0.39, 0.29) is 0 Å². The van der Waals surface area contributed by atoms with E-state index in [1.807, 2.05) is 0 Å². The summed E-state index contributed by atoms with van der Waals surface area (Å²) in [7, 11) is 0. The van der Waals surface area contributed by atoms with E-state index in [2.05, 4.69) is 22.4 Å². The van der Waals surface area contributed by atoms with Crippen molar-refractivity contribution in [1.82, 2.24) is 4.98 Å². The Bertz CT molecular complexity index is 432. The highest BCUT2D eigenvalue weighted by Gasteiger charge is 2.15. The van der Waals surface area contributed by atoms with Gasteiger partial charge in [0.1, 0.15) is 0 Å². The van der Waals surface area contributed by atoms with Gasteiger partial charge >= 0.3 is 0 Å². The Morgan fingerprint density at radius 3 is 2.94 bits per heavy atom. The molecule has 0 aliphatic heterocycles. The third-order valence-electron chi connectivity index (χ3n) is 3.00. The second-order valence-corrected chi connectivity index (χ2v) is 5.19. The van der Waals surface area contributed by atoms with Crippen molar-refractivity contribution < 1.29 is 0 Å². The number of nitrogens with one attached hydrogen (secondary N) is 1. The largest absolute Gasteiger partial charge is 0.260 e. The number of nitrogens with zero attached hydrogens (tertiary/aromatic N) is 2. The van der Waals surface area contributed by atoms with Gasteiger partial charge in [-0.15, -0.1) is 0 Å². The number of aromatic nitrogens is 1. The first-order chi connectivity index (χ1) is 8.16. The Morgan fingerprint density at radius 1 is 1.41 bits per heavy atom. The minimum Gasteiger partial charge on any atom is -0.260 e. The van der Waals surface area contributed by atoms with Crippen LogP contribution in [0, 0.1) is 5.92 Å². The van der Waals surface area contributed by atoms with Crippen LogP contribution in [0.3, 0.4) is 0 Å². The van der Waals surface area contributed by atoms with E-state index in [0.717, 1.165) is 6.42 Å². The number of anilines is 1. The van der Waals surface area contributed by atoms with Crippen molar-refractivity contribution in [2.75, 3.05) is 5.43 Å². The summed E-state index contributed by atoms with van der Waals surface area (Å²) in [5.74, 6) is 1.10. The van der Waals surface area contributed by atoms with E-state index in [4.69, 9.17) is 23.2 Å². The lowest BCUT2D eigenvalue weighted by Gasteiger charge is -2.20. The van der Waals surface area contributed by atoms with Crippen molar-refractivity contribution >= 4 is 34.7 Å². The molecule has 1 fully saturated rings. The van der Waals surface area contributed by atoms with Crippen LogP contribution in [0.4, 0.5) is 5.82 Å². The maximum Gasteiger partial charge on any atom is 0.165 e. The van der Waals surface area contributed by atoms with E-state index in [1.165, 1.54) is 25.0 Å². The number of rotatable bonds is 2. The van der Waals surface area contributed by atoms with Crippen molar-refractivity contribution in [2.24, 2.45) is 11.0 Å². The molecule has 3 nitrogen and oxygen atoms in total. The monoisotopic (exact) mass is 271 g/mol. The molecule has 1 aliphatic rings. The Hall–Kier alpha value is -0.800. The molecule has 0 aromatic carbocycles. The van der Waals surface area contributed by atoms with Crippen molar-refractivity contribution in [1.29, 1.82) is 0 Å². The quantitative estimate of drug-likeness (QED) is 0.812. The summed E-state index contributed by atoms with van der Waals surface area (Å²) in [5, 5.41) is 5.42. The van der Waals surface area contributed by atoms with Crippen LogP contribution in [0.1, 0.15) is 32.6 Å². The molecule has 2 rings (SSSR count). The molecule has 0 bridgehead atoms. The minimum atomic E-state index is 0.491. The van der Waals surface area contributed by atoms with Crippen molar-refractivity contribution in [3.05, 3.63) is 22.3 Å². The average molecular weight is 272 g/mol. The van der Waals surface area contributed by atoms with E-state index < -0.39 is 0 Å². The summed E-state index contributed by atoms with van der Waals surface area (Å²) in [6.07, 6.45) is 6.33. The Kier molecular flexibility index (Phi) is 4.24. The fourth-order valence-electron chi connectivity index (χ4n) is 1.96. The molecule has 0 unspecified atom stereocenters. The number of hydrogen-bond donors (Lipinski definition) is 1. The van der Waals surface area contributed by atoms with E-state index >= 15 is 0 Å². The van der Waals surface area contributed by atoms with Crippen molar-refractivity contribution in [3.8, 4) is 0 Å². The lowest BCUT2D eigenvalue weighted by molar-refractivity contribution is 0.558. The first-order valence-corrected chi connectivity index (χ1v) is 6.56. The first kappa shape index (κ1) is 12.7. The number of pyridine rings is 1.